The maximum absolute atomic E-state index is 13.6. The fourth-order valence-electron chi connectivity index (χ4n) is 1.55. The van der Waals surface area contributed by atoms with Gasteiger partial charge in [-0.15, -0.1) is 0 Å². The minimum Gasteiger partial charge on any atom is -0.487 e. The lowest BCUT2D eigenvalue weighted by molar-refractivity contribution is 0.0956. The maximum atomic E-state index is 13.6. The van der Waals surface area contributed by atoms with E-state index in [1.165, 1.54) is 6.07 Å². The standard InChI is InChI=1S/C13H18BrFN2O3/c1-3-17-6-9-11(5-4-10(15)12(9)14)20-8(2)7-19-13(16)18/h4-5,8,17H,3,6-7H2,1-2H3,(H2,16,18). The number of nitrogens with one attached hydrogen (secondary N) is 1. The van der Waals surface area contributed by atoms with Crippen LogP contribution in [0.1, 0.15) is 19.4 Å². The number of benzene rings is 1. The van der Waals surface area contributed by atoms with Gasteiger partial charge in [0.2, 0.25) is 0 Å². The summed E-state index contributed by atoms with van der Waals surface area (Å²) < 4.78 is 24.2. The second-order valence-corrected chi connectivity index (χ2v) is 4.97. The Balaban J connectivity index is 2.82. The van der Waals surface area contributed by atoms with E-state index in [-0.39, 0.29) is 18.5 Å². The molecule has 0 saturated carbocycles. The molecule has 20 heavy (non-hydrogen) atoms. The van der Waals surface area contributed by atoms with Crippen molar-refractivity contribution >= 4 is 22.0 Å². The summed E-state index contributed by atoms with van der Waals surface area (Å²) in [7, 11) is 0. The van der Waals surface area contributed by atoms with Crippen molar-refractivity contribution in [1.82, 2.24) is 5.32 Å². The van der Waals surface area contributed by atoms with Gasteiger partial charge in [-0.3, -0.25) is 0 Å². The molecule has 7 heteroatoms. The fraction of sp³-hybridized carbons (Fsp3) is 0.462. The van der Waals surface area contributed by atoms with E-state index in [1.807, 2.05) is 6.92 Å². The zero-order valence-electron chi connectivity index (χ0n) is 11.4. The van der Waals surface area contributed by atoms with Crippen LogP contribution in [-0.2, 0) is 11.3 Å². The predicted molar refractivity (Wildman–Crippen MR) is 77.1 cm³/mol. The van der Waals surface area contributed by atoms with E-state index in [2.05, 4.69) is 26.0 Å². The summed E-state index contributed by atoms with van der Waals surface area (Å²) in [5.41, 5.74) is 5.57. The van der Waals surface area contributed by atoms with Gasteiger partial charge < -0.3 is 20.5 Å². The van der Waals surface area contributed by atoms with Crippen LogP contribution in [0, 0.1) is 5.82 Å². The Morgan fingerprint density at radius 3 is 2.85 bits per heavy atom. The smallest absolute Gasteiger partial charge is 0.404 e. The number of amides is 1. The van der Waals surface area contributed by atoms with Crippen molar-refractivity contribution in [3.63, 3.8) is 0 Å². The van der Waals surface area contributed by atoms with Crippen molar-refractivity contribution in [2.24, 2.45) is 5.73 Å². The fourth-order valence-corrected chi connectivity index (χ4v) is 2.02. The SMILES string of the molecule is CCNCc1c(OC(C)COC(N)=O)ccc(F)c1Br. The number of carbonyl (C=O) groups is 1. The largest absolute Gasteiger partial charge is 0.487 e. The molecule has 1 aromatic carbocycles. The van der Waals surface area contributed by atoms with E-state index in [4.69, 9.17) is 10.5 Å². The molecule has 0 aliphatic rings. The van der Waals surface area contributed by atoms with E-state index >= 15 is 0 Å². The minimum absolute atomic E-state index is 0.0327. The van der Waals surface area contributed by atoms with Crippen molar-refractivity contribution in [2.45, 2.75) is 26.5 Å². The lowest BCUT2D eigenvalue weighted by Gasteiger charge is -2.18. The molecule has 3 N–H and O–H groups in total. The third-order valence-electron chi connectivity index (χ3n) is 2.49. The van der Waals surface area contributed by atoms with Crippen LogP contribution in [0.2, 0.25) is 0 Å². The minimum atomic E-state index is -0.853. The molecule has 0 saturated heterocycles. The van der Waals surface area contributed by atoms with Crippen LogP contribution in [0.25, 0.3) is 0 Å². The molecule has 0 radical (unpaired) electrons. The van der Waals surface area contributed by atoms with E-state index < -0.39 is 6.09 Å². The van der Waals surface area contributed by atoms with E-state index in [0.29, 0.717) is 22.3 Å². The van der Waals surface area contributed by atoms with Crippen LogP contribution < -0.4 is 15.8 Å². The van der Waals surface area contributed by atoms with Gasteiger partial charge in [0, 0.05) is 12.1 Å². The summed E-state index contributed by atoms with van der Waals surface area (Å²) in [6.45, 7) is 4.94. The van der Waals surface area contributed by atoms with Crippen molar-refractivity contribution in [3.8, 4) is 5.75 Å². The average molecular weight is 349 g/mol. The molecule has 0 fully saturated rings. The number of primary amides is 1. The lowest BCUT2D eigenvalue weighted by Crippen LogP contribution is -2.25. The van der Waals surface area contributed by atoms with Crippen molar-refractivity contribution in [2.75, 3.05) is 13.2 Å². The molecule has 0 spiro atoms. The van der Waals surface area contributed by atoms with Crippen molar-refractivity contribution < 1.29 is 18.7 Å². The van der Waals surface area contributed by atoms with Gasteiger partial charge in [-0.2, -0.15) is 0 Å². The maximum Gasteiger partial charge on any atom is 0.404 e. The highest BCUT2D eigenvalue weighted by atomic mass is 79.9. The number of hydrogen-bond donors (Lipinski definition) is 2. The highest BCUT2D eigenvalue weighted by molar-refractivity contribution is 9.10. The number of ether oxygens (including phenoxy) is 2. The monoisotopic (exact) mass is 348 g/mol. The highest BCUT2D eigenvalue weighted by Crippen LogP contribution is 2.30. The first-order valence-corrected chi connectivity index (χ1v) is 7.01. The molecule has 1 aromatic rings. The van der Waals surface area contributed by atoms with Gasteiger partial charge in [0.15, 0.2) is 0 Å². The summed E-state index contributed by atoms with van der Waals surface area (Å²) in [4.78, 5) is 10.5. The summed E-state index contributed by atoms with van der Waals surface area (Å²) in [6, 6.07) is 2.87. The van der Waals surface area contributed by atoms with Gasteiger partial charge in [-0.1, -0.05) is 6.92 Å². The Kier molecular flexibility index (Phi) is 6.74. The van der Waals surface area contributed by atoms with Gasteiger partial charge in [0.05, 0.1) is 4.47 Å². The second-order valence-electron chi connectivity index (χ2n) is 4.18. The van der Waals surface area contributed by atoms with Crippen molar-refractivity contribution in [3.05, 3.63) is 28.0 Å². The normalized spacial score (nSPS) is 12.0. The molecule has 112 valence electrons. The first-order chi connectivity index (χ1) is 9.45. The molecule has 1 atom stereocenters. The molecule has 1 amide bonds. The lowest BCUT2D eigenvalue weighted by atomic mass is 10.2. The summed E-state index contributed by atoms with van der Waals surface area (Å²) >= 11 is 3.21. The van der Waals surface area contributed by atoms with Crippen LogP contribution in [0.4, 0.5) is 9.18 Å². The van der Waals surface area contributed by atoms with Gasteiger partial charge in [-0.05, 0) is 41.5 Å². The zero-order chi connectivity index (χ0) is 15.1. The average Bonchev–Trinajstić information content (AvgIpc) is 2.40. The molecule has 0 aliphatic carbocycles. The Morgan fingerprint density at radius 1 is 1.55 bits per heavy atom. The topological polar surface area (TPSA) is 73.6 Å². The third kappa shape index (κ3) is 4.97. The molecule has 5 nitrogen and oxygen atoms in total. The van der Waals surface area contributed by atoms with Crippen molar-refractivity contribution in [1.29, 1.82) is 0 Å². The second kappa shape index (κ2) is 8.06. The van der Waals surface area contributed by atoms with Crippen LogP contribution in [0.5, 0.6) is 5.75 Å². The number of rotatable bonds is 7. The molecule has 0 aromatic heterocycles. The van der Waals surface area contributed by atoms with E-state index in [9.17, 15) is 9.18 Å². The number of halogens is 2. The third-order valence-corrected chi connectivity index (χ3v) is 3.35. The van der Waals surface area contributed by atoms with E-state index in [1.54, 1.807) is 13.0 Å². The Bertz CT molecular complexity index is 471. The quantitative estimate of drug-likeness (QED) is 0.794. The summed E-state index contributed by atoms with van der Waals surface area (Å²) in [6.07, 6.45) is -1.24. The summed E-state index contributed by atoms with van der Waals surface area (Å²) in [5.74, 6) is 0.172. The van der Waals surface area contributed by atoms with Gasteiger partial charge in [0.1, 0.15) is 24.3 Å². The summed E-state index contributed by atoms with van der Waals surface area (Å²) in [5, 5.41) is 3.11. The first kappa shape index (κ1) is 16.7. The Morgan fingerprint density at radius 2 is 2.25 bits per heavy atom. The van der Waals surface area contributed by atoms with Crippen LogP contribution in [-0.4, -0.2) is 25.3 Å². The first-order valence-electron chi connectivity index (χ1n) is 6.22. The van der Waals surface area contributed by atoms with Gasteiger partial charge in [0.25, 0.3) is 0 Å². The van der Waals surface area contributed by atoms with E-state index in [0.717, 1.165) is 6.54 Å². The molecular weight excluding hydrogens is 331 g/mol. The van der Waals surface area contributed by atoms with Crippen LogP contribution in [0.3, 0.4) is 0 Å². The zero-order valence-corrected chi connectivity index (χ0v) is 13.0. The predicted octanol–water partition coefficient (Wildman–Crippen LogP) is 2.56. The Hall–Kier alpha value is -1.34. The highest BCUT2D eigenvalue weighted by Gasteiger charge is 2.15. The molecule has 0 aliphatic heterocycles. The van der Waals surface area contributed by atoms with Gasteiger partial charge in [-0.25, -0.2) is 9.18 Å². The molecular formula is C13H18BrFN2O3. The van der Waals surface area contributed by atoms with Gasteiger partial charge >= 0.3 is 6.09 Å². The Labute approximate surface area is 125 Å². The molecule has 1 rings (SSSR count). The van der Waals surface area contributed by atoms with Crippen LogP contribution >= 0.6 is 15.9 Å². The number of hydrogen-bond acceptors (Lipinski definition) is 4. The number of carbonyl (C=O) groups excluding carboxylic acids is 1. The number of nitrogens with two attached hydrogens (primary N) is 1. The molecule has 0 bridgehead atoms. The molecule has 0 heterocycles. The molecule has 1 unspecified atom stereocenters. The van der Waals surface area contributed by atoms with Crippen LogP contribution in [0.15, 0.2) is 16.6 Å².